The molecule has 0 aliphatic heterocycles. The minimum Gasteiger partial charge on any atom is -0.464 e. The molecular weight excluding hydrogens is 336 g/mol. The van der Waals surface area contributed by atoms with Gasteiger partial charge in [-0.05, 0) is 37.1 Å². The molecule has 21 heavy (non-hydrogen) atoms. The average Bonchev–Trinajstić information content (AvgIpc) is 2.47. The number of ether oxygens (including phenoxy) is 1. The molecule has 2 rings (SSSR count). The van der Waals surface area contributed by atoms with E-state index < -0.39 is 5.97 Å². The zero-order valence-corrected chi connectivity index (χ0v) is 13.6. The topological polar surface area (TPSA) is 61.2 Å². The van der Waals surface area contributed by atoms with E-state index in [9.17, 15) is 9.59 Å². The Hall–Kier alpha value is -1.95. The second-order valence-electron chi connectivity index (χ2n) is 4.55. The standard InChI is InChI=1S/C15H15BrN2O3/c1-4-10-8-18(12-6-5-11(16)7-9(12)2)17-13(14(10)19)15(20)21-3/h5-8H,4H2,1-3H3. The first-order chi connectivity index (χ1) is 9.97. The molecule has 0 N–H and O–H groups in total. The predicted octanol–water partition coefficient (Wildman–Crippen LogP) is 2.65. The van der Waals surface area contributed by atoms with Crippen LogP contribution >= 0.6 is 15.9 Å². The molecule has 0 amide bonds. The maximum absolute atomic E-state index is 12.1. The van der Waals surface area contributed by atoms with Gasteiger partial charge in [-0.1, -0.05) is 22.9 Å². The minimum atomic E-state index is -0.723. The third kappa shape index (κ3) is 3.05. The number of methoxy groups -OCH3 is 1. The number of nitrogens with zero attached hydrogens (tertiary/aromatic N) is 2. The molecule has 2 aromatic rings. The third-order valence-corrected chi connectivity index (χ3v) is 3.65. The normalized spacial score (nSPS) is 10.5. The summed E-state index contributed by atoms with van der Waals surface area (Å²) in [5.41, 5.74) is 1.72. The molecule has 0 atom stereocenters. The highest BCUT2D eigenvalue weighted by Crippen LogP contribution is 2.18. The van der Waals surface area contributed by atoms with Crippen LogP contribution in [0.15, 0.2) is 33.7 Å². The Balaban J connectivity index is 2.69. The Bertz CT molecular complexity index is 753. The van der Waals surface area contributed by atoms with Crippen molar-refractivity contribution in [2.75, 3.05) is 7.11 Å². The fourth-order valence-electron chi connectivity index (χ4n) is 2.02. The van der Waals surface area contributed by atoms with Crippen molar-refractivity contribution in [1.29, 1.82) is 0 Å². The molecule has 0 saturated carbocycles. The van der Waals surface area contributed by atoms with Crippen molar-refractivity contribution in [2.24, 2.45) is 0 Å². The molecule has 0 radical (unpaired) electrons. The highest BCUT2D eigenvalue weighted by Gasteiger charge is 2.17. The number of benzene rings is 1. The molecule has 0 aliphatic carbocycles. The summed E-state index contributed by atoms with van der Waals surface area (Å²) in [5, 5.41) is 4.13. The Labute approximate surface area is 130 Å². The first kappa shape index (κ1) is 15.4. The van der Waals surface area contributed by atoms with Crippen LogP contribution in [0.5, 0.6) is 0 Å². The second kappa shape index (κ2) is 6.22. The van der Waals surface area contributed by atoms with Crippen LogP contribution in [0.3, 0.4) is 0 Å². The fraction of sp³-hybridized carbons (Fsp3) is 0.267. The van der Waals surface area contributed by atoms with Crippen molar-refractivity contribution in [3.05, 3.63) is 55.9 Å². The summed E-state index contributed by atoms with van der Waals surface area (Å²) < 4.78 is 7.14. The Morgan fingerprint density at radius 3 is 2.71 bits per heavy atom. The number of hydrogen-bond acceptors (Lipinski definition) is 4. The SMILES string of the molecule is CCc1cn(-c2ccc(Br)cc2C)nc(C(=O)OC)c1=O. The summed E-state index contributed by atoms with van der Waals surface area (Å²) in [5.74, 6) is -0.723. The van der Waals surface area contributed by atoms with Gasteiger partial charge < -0.3 is 4.74 Å². The lowest BCUT2D eigenvalue weighted by Gasteiger charge is -2.12. The number of aryl methyl sites for hydroxylation is 2. The molecular formula is C15H15BrN2O3. The summed E-state index contributed by atoms with van der Waals surface area (Å²) in [6.45, 7) is 3.79. The highest BCUT2D eigenvalue weighted by molar-refractivity contribution is 9.10. The number of halogens is 1. The third-order valence-electron chi connectivity index (χ3n) is 3.16. The van der Waals surface area contributed by atoms with Crippen molar-refractivity contribution in [3.63, 3.8) is 0 Å². The van der Waals surface area contributed by atoms with Crippen LogP contribution in [0.4, 0.5) is 0 Å². The molecule has 0 spiro atoms. The molecule has 1 aromatic carbocycles. The average molecular weight is 351 g/mol. The summed E-state index contributed by atoms with van der Waals surface area (Å²) in [6.07, 6.45) is 2.17. The van der Waals surface area contributed by atoms with Gasteiger partial charge in [0.15, 0.2) is 0 Å². The van der Waals surface area contributed by atoms with Crippen molar-refractivity contribution in [3.8, 4) is 5.69 Å². The molecule has 110 valence electrons. The van der Waals surface area contributed by atoms with E-state index in [0.717, 1.165) is 15.7 Å². The fourth-order valence-corrected chi connectivity index (χ4v) is 2.50. The first-order valence-electron chi connectivity index (χ1n) is 6.45. The molecule has 1 aromatic heterocycles. The number of rotatable bonds is 3. The van der Waals surface area contributed by atoms with Gasteiger partial charge in [-0.25, -0.2) is 9.48 Å². The van der Waals surface area contributed by atoms with Gasteiger partial charge in [0.25, 0.3) is 0 Å². The van der Waals surface area contributed by atoms with Gasteiger partial charge >= 0.3 is 5.97 Å². The lowest BCUT2D eigenvalue weighted by Crippen LogP contribution is -2.25. The Morgan fingerprint density at radius 2 is 2.14 bits per heavy atom. The lowest BCUT2D eigenvalue weighted by atomic mass is 10.1. The van der Waals surface area contributed by atoms with Gasteiger partial charge in [-0.15, -0.1) is 0 Å². The zero-order valence-electron chi connectivity index (χ0n) is 12.0. The predicted molar refractivity (Wildman–Crippen MR) is 83.0 cm³/mol. The maximum atomic E-state index is 12.1. The van der Waals surface area contributed by atoms with E-state index in [4.69, 9.17) is 0 Å². The molecule has 0 fully saturated rings. The van der Waals surface area contributed by atoms with Crippen LogP contribution in [-0.2, 0) is 11.2 Å². The quantitative estimate of drug-likeness (QED) is 0.798. The van der Waals surface area contributed by atoms with E-state index in [2.05, 4.69) is 25.8 Å². The van der Waals surface area contributed by atoms with Crippen molar-refractivity contribution in [1.82, 2.24) is 9.78 Å². The van der Waals surface area contributed by atoms with E-state index >= 15 is 0 Å². The largest absolute Gasteiger partial charge is 0.464 e. The van der Waals surface area contributed by atoms with Crippen LogP contribution < -0.4 is 5.43 Å². The number of carbonyl (C=O) groups is 1. The monoisotopic (exact) mass is 350 g/mol. The van der Waals surface area contributed by atoms with Crippen molar-refractivity contribution in [2.45, 2.75) is 20.3 Å². The molecule has 6 heteroatoms. The van der Waals surface area contributed by atoms with E-state index in [1.165, 1.54) is 7.11 Å². The van der Waals surface area contributed by atoms with Gasteiger partial charge in [0, 0.05) is 16.2 Å². The molecule has 5 nitrogen and oxygen atoms in total. The van der Waals surface area contributed by atoms with Crippen LogP contribution in [0, 0.1) is 6.92 Å². The van der Waals surface area contributed by atoms with Crippen molar-refractivity contribution < 1.29 is 9.53 Å². The summed E-state index contributed by atoms with van der Waals surface area (Å²) >= 11 is 3.40. The maximum Gasteiger partial charge on any atom is 0.362 e. The van der Waals surface area contributed by atoms with Gasteiger partial charge in [-0.3, -0.25) is 4.79 Å². The number of esters is 1. The van der Waals surface area contributed by atoms with Crippen LogP contribution in [0.2, 0.25) is 0 Å². The number of carbonyl (C=O) groups excluding carboxylic acids is 1. The van der Waals surface area contributed by atoms with E-state index in [-0.39, 0.29) is 11.1 Å². The van der Waals surface area contributed by atoms with Gasteiger partial charge in [0.2, 0.25) is 11.1 Å². The van der Waals surface area contributed by atoms with Gasteiger partial charge in [0.1, 0.15) is 0 Å². The molecule has 0 aliphatic rings. The van der Waals surface area contributed by atoms with Gasteiger partial charge in [-0.2, -0.15) is 5.10 Å². The molecule has 0 bridgehead atoms. The van der Waals surface area contributed by atoms with E-state index in [0.29, 0.717) is 12.0 Å². The Kier molecular flexibility index (Phi) is 4.57. The van der Waals surface area contributed by atoms with E-state index in [1.54, 1.807) is 10.9 Å². The summed E-state index contributed by atoms with van der Waals surface area (Å²) in [4.78, 5) is 23.9. The molecule has 0 saturated heterocycles. The van der Waals surface area contributed by atoms with E-state index in [1.807, 2.05) is 32.0 Å². The van der Waals surface area contributed by atoms with Crippen molar-refractivity contribution >= 4 is 21.9 Å². The molecule has 1 heterocycles. The number of hydrogen-bond donors (Lipinski definition) is 0. The second-order valence-corrected chi connectivity index (χ2v) is 5.47. The first-order valence-corrected chi connectivity index (χ1v) is 7.25. The van der Waals surface area contributed by atoms with Crippen LogP contribution in [-0.4, -0.2) is 22.9 Å². The zero-order chi connectivity index (χ0) is 15.6. The lowest BCUT2D eigenvalue weighted by molar-refractivity contribution is 0.0590. The van der Waals surface area contributed by atoms with Gasteiger partial charge in [0.05, 0.1) is 12.8 Å². The smallest absolute Gasteiger partial charge is 0.362 e. The van der Waals surface area contributed by atoms with Crippen LogP contribution in [0.25, 0.3) is 5.69 Å². The molecule has 0 unspecified atom stereocenters. The highest BCUT2D eigenvalue weighted by atomic mass is 79.9. The summed E-state index contributed by atoms with van der Waals surface area (Å²) in [6, 6.07) is 5.70. The number of aromatic nitrogens is 2. The Morgan fingerprint density at radius 1 is 1.43 bits per heavy atom. The minimum absolute atomic E-state index is 0.195. The van der Waals surface area contributed by atoms with Crippen LogP contribution in [0.1, 0.15) is 28.5 Å². The summed E-state index contributed by atoms with van der Waals surface area (Å²) in [7, 11) is 1.23.